The van der Waals surface area contributed by atoms with E-state index in [9.17, 15) is 13.6 Å². The molecule has 0 radical (unpaired) electrons. The van der Waals surface area contributed by atoms with Gasteiger partial charge in [0.1, 0.15) is 17.4 Å². The van der Waals surface area contributed by atoms with Gasteiger partial charge in [0.25, 0.3) is 5.91 Å². The topological polar surface area (TPSA) is 51.2 Å². The molecule has 0 aliphatic carbocycles. The van der Waals surface area contributed by atoms with Gasteiger partial charge >= 0.3 is 0 Å². The molecule has 0 unspecified atom stereocenters. The van der Waals surface area contributed by atoms with Crippen LogP contribution >= 0.6 is 22.9 Å². The molecule has 8 heteroatoms. The number of aromatic nitrogens is 1. The highest BCUT2D eigenvalue weighted by atomic mass is 35.5. The van der Waals surface area contributed by atoms with Crippen molar-refractivity contribution in [2.24, 2.45) is 0 Å². The lowest BCUT2D eigenvalue weighted by Crippen LogP contribution is -2.42. The number of hydrogen-bond acceptors (Lipinski definition) is 4. The van der Waals surface area contributed by atoms with Crippen molar-refractivity contribution in [3.8, 4) is 17.0 Å². The van der Waals surface area contributed by atoms with E-state index in [0.29, 0.717) is 10.8 Å². The van der Waals surface area contributed by atoms with Crippen LogP contribution in [0.2, 0.25) is 5.02 Å². The van der Waals surface area contributed by atoms with Crippen molar-refractivity contribution in [3.63, 3.8) is 0 Å². The summed E-state index contributed by atoms with van der Waals surface area (Å²) in [6.45, 7) is 3.22. The third-order valence-corrected chi connectivity index (χ3v) is 4.67. The second kappa shape index (κ2) is 7.62. The van der Waals surface area contributed by atoms with Crippen molar-refractivity contribution in [1.82, 2.24) is 4.98 Å². The van der Waals surface area contributed by atoms with Crippen molar-refractivity contribution in [2.45, 2.75) is 19.4 Å². The van der Waals surface area contributed by atoms with E-state index in [-0.39, 0.29) is 16.4 Å². The van der Waals surface area contributed by atoms with E-state index >= 15 is 0 Å². The number of hydrogen-bond donors (Lipinski definition) is 1. The summed E-state index contributed by atoms with van der Waals surface area (Å²) in [6, 6.07) is 9.76. The molecule has 0 saturated carbocycles. The van der Waals surface area contributed by atoms with Crippen molar-refractivity contribution in [1.29, 1.82) is 0 Å². The number of thiazole rings is 1. The van der Waals surface area contributed by atoms with Crippen LogP contribution in [-0.4, -0.2) is 16.5 Å². The first-order valence-corrected chi connectivity index (χ1v) is 9.17. The molecule has 0 spiro atoms. The molecule has 1 N–H and O–H groups in total. The maximum atomic E-state index is 13.9. The van der Waals surface area contributed by atoms with Gasteiger partial charge in [-0.25, -0.2) is 13.8 Å². The number of amides is 1. The molecular formula is C19H15ClF2N2O2S. The minimum Gasteiger partial charge on any atom is -0.478 e. The Morgan fingerprint density at radius 3 is 2.59 bits per heavy atom. The van der Waals surface area contributed by atoms with Crippen LogP contribution in [0.3, 0.4) is 0 Å². The zero-order chi connectivity index (χ0) is 19.6. The Morgan fingerprint density at radius 1 is 1.19 bits per heavy atom. The fraction of sp³-hybridized carbons (Fsp3) is 0.158. The zero-order valence-electron chi connectivity index (χ0n) is 14.4. The largest absolute Gasteiger partial charge is 0.478 e. The Labute approximate surface area is 163 Å². The molecule has 0 bridgehead atoms. The van der Waals surface area contributed by atoms with Crippen LogP contribution in [-0.2, 0) is 4.79 Å². The van der Waals surface area contributed by atoms with E-state index < -0.39 is 23.1 Å². The molecule has 140 valence electrons. The number of anilines is 1. The van der Waals surface area contributed by atoms with Gasteiger partial charge in [0, 0.05) is 16.0 Å². The van der Waals surface area contributed by atoms with Crippen LogP contribution in [0.25, 0.3) is 11.3 Å². The van der Waals surface area contributed by atoms with Gasteiger partial charge in [0.2, 0.25) is 0 Å². The van der Waals surface area contributed by atoms with E-state index in [1.165, 1.54) is 0 Å². The molecule has 0 saturated heterocycles. The summed E-state index contributed by atoms with van der Waals surface area (Å²) in [5, 5.41) is 5.00. The van der Waals surface area contributed by atoms with Gasteiger partial charge in [0.05, 0.1) is 5.69 Å². The molecule has 0 aliphatic heterocycles. The van der Waals surface area contributed by atoms with Crippen LogP contribution in [0.5, 0.6) is 5.75 Å². The number of halogens is 3. The van der Waals surface area contributed by atoms with Gasteiger partial charge in [-0.1, -0.05) is 11.6 Å². The van der Waals surface area contributed by atoms with E-state index in [1.54, 1.807) is 43.5 Å². The minimum atomic E-state index is -1.19. The third kappa shape index (κ3) is 4.61. The van der Waals surface area contributed by atoms with Gasteiger partial charge in [-0.3, -0.25) is 10.1 Å². The smallest absolute Gasteiger partial charge is 0.269 e. The number of ether oxygens (including phenoxy) is 1. The summed E-state index contributed by atoms with van der Waals surface area (Å²) in [4.78, 5) is 16.7. The summed E-state index contributed by atoms with van der Waals surface area (Å²) < 4.78 is 32.9. The Hall–Kier alpha value is -2.51. The molecule has 3 aromatic rings. The molecule has 1 heterocycles. The second-order valence-electron chi connectivity index (χ2n) is 6.18. The number of nitrogens with one attached hydrogen (secondary N) is 1. The average molecular weight is 409 g/mol. The van der Waals surface area contributed by atoms with Crippen molar-refractivity contribution < 1.29 is 18.3 Å². The zero-order valence-corrected chi connectivity index (χ0v) is 16.0. The predicted molar refractivity (Wildman–Crippen MR) is 102 cm³/mol. The minimum absolute atomic E-state index is 0.0309. The first-order chi connectivity index (χ1) is 12.7. The Balaban J connectivity index is 1.73. The summed E-state index contributed by atoms with van der Waals surface area (Å²) in [5.41, 5.74) is -0.920. The van der Waals surface area contributed by atoms with E-state index in [4.69, 9.17) is 16.3 Å². The second-order valence-corrected chi connectivity index (χ2v) is 7.48. The van der Waals surface area contributed by atoms with E-state index in [0.717, 1.165) is 29.5 Å². The summed E-state index contributed by atoms with van der Waals surface area (Å²) in [7, 11) is 0. The Morgan fingerprint density at radius 2 is 1.89 bits per heavy atom. The maximum absolute atomic E-state index is 13.9. The fourth-order valence-electron chi connectivity index (χ4n) is 2.24. The summed E-state index contributed by atoms with van der Waals surface area (Å²) >= 11 is 6.94. The molecule has 1 amide bonds. The Kier molecular flexibility index (Phi) is 5.43. The quantitative estimate of drug-likeness (QED) is 0.603. The number of carbonyl (C=O) groups excluding carboxylic acids is 1. The fourth-order valence-corrected chi connectivity index (χ4v) is 3.07. The van der Waals surface area contributed by atoms with E-state index in [2.05, 4.69) is 10.3 Å². The Bertz CT molecular complexity index is 974. The molecular weight excluding hydrogens is 394 g/mol. The highest BCUT2D eigenvalue weighted by molar-refractivity contribution is 7.14. The monoisotopic (exact) mass is 408 g/mol. The predicted octanol–water partition coefficient (Wildman–Crippen LogP) is 5.54. The first-order valence-electron chi connectivity index (χ1n) is 7.91. The van der Waals surface area contributed by atoms with Crippen LogP contribution < -0.4 is 10.1 Å². The normalized spacial score (nSPS) is 11.3. The molecule has 2 aromatic carbocycles. The van der Waals surface area contributed by atoms with Crippen LogP contribution in [0.15, 0.2) is 47.8 Å². The average Bonchev–Trinajstić information content (AvgIpc) is 3.07. The van der Waals surface area contributed by atoms with Gasteiger partial charge in [-0.15, -0.1) is 11.3 Å². The van der Waals surface area contributed by atoms with Gasteiger partial charge in [0.15, 0.2) is 10.7 Å². The number of nitrogens with zero attached hydrogens (tertiary/aromatic N) is 1. The number of rotatable bonds is 5. The van der Waals surface area contributed by atoms with Gasteiger partial charge < -0.3 is 4.74 Å². The molecule has 3 rings (SSSR count). The molecule has 0 aliphatic rings. The molecule has 0 fully saturated rings. The molecule has 0 atom stereocenters. The molecule has 1 aromatic heterocycles. The van der Waals surface area contributed by atoms with Crippen LogP contribution in [0, 0.1) is 11.6 Å². The first kappa shape index (κ1) is 19.3. The molecule has 4 nitrogen and oxygen atoms in total. The lowest BCUT2D eigenvalue weighted by atomic mass is 10.1. The standard InChI is InChI=1S/C19H15ClF2N2O2S/c1-19(2,26-13-6-3-11(20)4-7-13)17(25)24-18-23-16(10-27-18)14-9-12(21)5-8-15(14)22/h3-10H,1-2H3,(H,23,24,25). The number of benzene rings is 2. The lowest BCUT2D eigenvalue weighted by Gasteiger charge is -2.24. The SMILES string of the molecule is CC(C)(Oc1ccc(Cl)cc1)C(=O)Nc1nc(-c2cc(F)ccc2F)cs1. The summed E-state index contributed by atoms with van der Waals surface area (Å²) in [6.07, 6.45) is 0. The lowest BCUT2D eigenvalue weighted by molar-refractivity contribution is -0.128. The highest BCUT2D eigenvalue weighted by Crippen LogP contribution is 2.28. The van der Waals surface area contributed by atoms with Gasteiger partial charge in [-0.05, 0) is 56.3 Å². The number of carbonyl (C=O) groups is 1. The van der Waals surface area contributed by atoms with Crippen molar-refractivity contribution in [3.05, 3.63) is 64.5 Å². The molecule has 27 heavy (non-hydrogen) atoms. The van der Waals surface area contributed by atoms with Crippen molar-refractivity contribution in [2.75, 3.05) is 5.32 Å². The van der Waals surface area contributed by atoms with Gasteiger partial charge in [-0.2, -0.15) is 0 Å². The van der Waals surface area contributed by atoms with Crippen LogP contribution in [0.4, 0.5) is 13.9 Å². The van der Waals surface area contributed by atoms with E-state index in [1.807, 2.05) is 0 Å². The maximum Gasteiger partial charge on any atom is 0.269 e. The van der Waals surface area contributed by atoms with Crippen LogP contribution in [0.1, 0.15) is 13.8 Å². The third-order valence-electron chi connectivity index (χ3n) is 3.66. The summed E-state index contributed by atoms with van der Waals surface area (Å²) in [5.74, 6) is -1.10. The highest BCUT2D eigenvalue weighted by Gasteiger charge is 2.30. The van der Waals surface area contributed by atoms with Crippen molar-refractivity contribution >= 4 is 34.0 Å².